The number of benzene rings is 3. The quantitative estimate of drug-likeness (QED) is 0.150. The van der Waals surface area contributed by atoms with E-state index in [2.05, 4.69) is 0 Å². The smallest absolute Gasteiger partial charge is 0.457 e. The van der Waals surface area contributed by atoms with Crippen LogP contribution in [-0.4, -0.2) is 54.5 Å². The van der Waals surface area contributed by atoms with Crippen LogP contribution in [-0.2, 0) is 82.6 Å². The van der Waals surface area contributed by atoms with Gasteiger partial charge in [0, 0.05) is 20.8 Å². The summed E-state index contributed by atoms with van der Waals surface area (Å²) in [7, 11) is -4.41. The van der Waals surface area contributed by atoms with Crippen molar-refractivity contribution in [3.8, 4) is 0 Å². The normalized spacial score (nSPS) is 25.1. The molecule has 3 aromatic carbocycles. The molecule has 5 rings (SSSR count). The number of fused-ring (bicyclic) bond motifs is 1. The average Bonchev–Trinajstić information content (AvgIpc) is 3.21. The number of hydrogen-bond acceptors (Lipinski definition) is 12. The summed E-state index contributed by atoms with van der Waals surface area (Å²) < 4.78 is 61.8. The lowest BCUT2D eigenvalue weighted by Gasteiger charge is -2.48. The van der Waals surface area contributed by atoms with E-state index in [1.807, 2.05) is 84.9 Å². The highest BCUT2D eigenvalue weighted by atomic mass is 31.2. The van der Waals surface area contributed by atoms with E-state index in [9.17, 15) is 18.9 Å². The highest BCUT2D eigenvalue weighted by molar-refractivity contribution is 7.48. The predicted molar refractivity (Wildman–Crippen MR) is 165 cm³/mol. The topological polar surface area (TPSA) is 142 Å². The van der Waals surface area contributed by atoms with E-state index in [0.29, 0.717) is 0 Å². The molecule has 0 amide bonds. The molecular weight excluding hydrogens is 631 g/mol. The molecule has 0 saturated heterocycles. The van der Waals surface area contributed by atoms with Gasteiger partial charge < -0.3 is 23.7 Å². The molecular formula is C34H37O12P. The Bertz CT molecular complexity index is 1530. The maximum absolute atomic E-state index is 14.2. The van der Waals surface area contributed by atoms with E-state index < -0.39 is 62.4 Å². The number of esters is 3. The van der Waals surface area contributed by atoms with Crippen LogP contribution in [0.2, 0.25) is 0 Å². The van der Waals surface area contributed by atoms with Crippen LogP contribution in [0.3, 0.4) is 0 Å². The number of carbonyl (C=O) groups is 3. The summed E-state index contributed by atoms with van der Waals surface area (Å²) in [6.07, 6.45) is -8.19. The number of carbonyl (C=O) groups excluding carboxylic acids is 3. The third-order valence-corrected chi connectivity index (χ3v) is 8.94. The Balaban J connectivity index is 1.57. The minimum absolute atomic E-state index is 0.0178. The van der Waals surface area contributed by atoms with Gasteiger partial charge in [-0.1, -0.05) is 84.9 Å². The molecule has 12 nitrogen and oxygen atoms in total. The van der Waals surface area contributed by atoms with Crippen molar-refractivity contribution in [3.63, 3.8) is 0 Å². The molecule has 1 aliphatic carbocycles. The van der Waals surface area contributed by atoms with Crippen molar-refractivity contribution >= 4 is 25.7 Å². The first kappa shape index (κ1) is 34.4. The van der Waals surface area contributed by atoms with Crippen molar-refractivity contribution in [2.45, 2.75) is 83.8 Å². The van der Waals surface area contributed by atoms with Crippen molar-refractivity contribution in [3.05, 3.63) is 107 Å². The monoisotopic (exact) mass is 668 g/mol. The minimum atomic E-state index is -4.41. The molecule has 1 fully saturated rings. The maximum Gasteiger partial charge on any atom is 0.475 e. The Morgan fingerprint density at radius 1 is 0.574 bits per heavy atom. The molecule has 1 heterocycles. The van der Waals surface area contributed by atoms with E-state index in [1.165, 1.54) is 20.8 Å². The van der Waals surface area contributed by atoms with Crippen molar-refractivity contribution in [2.24, 2.45) is 0 Å². The lowest BCUT2D eigenvalue weighted by Crippen LogP contribution is -2.68. The zero-order valence-corrected chi connectivity index (χ0v) is 27.1. The van der Waals surface area contributed by atoms with Gasteiger partial charge in [-0.15, -0.1) is 0 Å². The van der Waals surface area contributed by atoms with Crippen molar-refractivity contribution in [2.75, 3.05) is 0 Å². The van der Waals surface area contributed by atoms with Crippen LogP contribution in [0.4, 0.5) is 0 Å². The summed E-state index contributed by atoms with van der Waals surface area (Å²) in [6.45, 7) is 3.32. The van der Waals surface area contributed by atoms with E-state index >= 15 is 0 Å². The summed E-state index contributed by atoms with van der Waals surface area (Å²) >= 11 is 0. The van der Waals surface area contributed by atoms with Crippen LogP contribution in [0.25, 0.3) is 0 Å². The third kappa shape index (κ3) is 9.13. The zero-order valence-electron chi connectivity index (χ0n) is 26.2. The first-order valence-electron chi connectivity index (χ1n) is 15.1. The standard InChI is InChI=1S/C34H37O12P/c1-22(35)43-31-29(39-18-25-12-6-4-7-13-25)33(45-24(3)37)34(46-47(38)41-20-27-16-10-11-17-28(27)21-42-47)30(32(31)44-23(2)36)40-19-26-14-8-5-9-15-26/h4-17,29-34H,18-21H2,1-3H3/t29-,30-,31-,32-,33-,34+/m1/s1. The number of rotatable bonds is 11. The summed E-state index contributed by atoms with van der Waals surface area (Å²) in [5.74, 6) is -2.18. The van der Waals surface area contributed by atoms with Crippen molar-refractivity contribution in [1.82, 2.24) is 0 Å². The molecule has 0 spiro atoms. The second kappa shape index (κ2) is 15.8. The van der Waals surface area contributed by atoms with E-state index in [0.717, 1.165) is 22.3 Å². The molecule has 250 valence electrons. The van der Waals surface area contributed by atoms with E-state index in [-0.39, 0.29) is 26.4 Å². The largest absolute Gasteiger partial charge is 0.475 e. The molecule has 0 N–H and O–H groups in total. The summed E-state index contributed by atoms with van der Waals surface area (Å²) in [5, 5.41) is 0. The second-order valence-electron chi connectivity index (χ2n) is 11.1. The Labute approximate surface area is 272 Å². The minimum Gasteiger partial charge on any atom is -0.457 e. The van der Waals surface area contributed by atoms with Crippen LogP contribution in [0.5, 0.6) is 0 Å². The van der Waals surface area contributed by atoms with Crippen LogP contribution < -0.4 is 0 Å². The molecule has 3 aromatic rings. The Kier molecular flexibility index (Phi) is 11.6. The first-order chi connectivity index (χ1) is 22.6. The highest BCUT2D eigenvalue weighted by Gasteiger charge is 2.60. The third-order valence-electron chi connectivity index (χ3n) is 7.55. The van der Waals surface area contributed by atoms with Gasteiger partial charge in [-0.2, -0.15) is 0 Å². The Hall–Kier alpha value is -3.90. The molecule has 0 unspecified atom stereocenters. The van der Waals surface area contributed by atoms with Crippen LogP contribution in [0, 0.1) is 0 Å². The fraction of sp³-hybridized carbons (Fsp3) is 0.382. The van der Waals surface area contributed by atoms with Gasteiger partial charge in [0.15, 0.2) is 18.3 Å². The number of ether oxygens (including phenoxy) is 5. The molecule has 0 radical (unpaired) electrons. The maximum atomic E-state index is 14.2. The number of hydrogen-bond donors (Lipinski definition) is 0. The highest BCUT2D eigenvalue weighted by Crippen LogP contribution is 2.55. The molecule has 47 heavy (non-hydrogen) atoms. The number of phosphoric ester groups is 1. The van der Waals surface area contributed by atoms with Gasteiger partial charge in [0.25, 0.3) is 0 Å². The lowest BCUT2D eigenvalue weighted by molar-refractivity contribution is -0.263. The van der Waals surface area contributed by atoms with Crippen molar-refractivity contribution < 1.29 is 56.2 Å². The molecule has 13 heteroatoms. The first-order valence-corrected chi connectivity index (χ1v) is 16.5. The summed E-state index contributed by atoms with van der Waals surface area (Å²) in [5.41, 5.74) is 3.00. The Morgan fingerprint density at radius 3 is 1.34 bits per heavy atom. The van der Waals surface area contributed by atoms with Gasteiger partial charge in [-0.3, -0.25) is 28.0 Å². The fourth-order valence-electron chi connectivity index (χ4n) is 5.52. The predicted octanol–water partition coefficient (Wildman–Crippen LogP) is 5.21. The average molecular weight is 669 g/mol. The van der Waals surface area contributed by atoms with Crippen LogP contribution in [0.15, 0.2) is 84.9 Å². The molecule has 1 aliphatic heterocycles. The van der Waals surface area contributed by atoms with Crippen LogP contribution >= 0.6 is 7.82 Å². The molecule has 1 saturated carbocycles. The van der Waals surface area contributed by atoms with Gasteiger partial charge in [0.2, 0.25) is 0 Å². The van der Waals surface area contributed by atoms with Crippen molar-refractivity contribution in [1.29, 1.82) is 0 Å². The molecule has 0 bridgehead atoms. The Morgan fingerprint density at radius 2 is 0.936 bits per heavy atom. The van der Waals surface area contributed by atoms with Gasteiger partial charge in [0.1, 0.15) is 18.3 Å². The molecule has 0 aromatic heterocycles. The van der Waals surface area contributed by atoms with Gasteiger partial charge >= 0.3 is 25.7 Å². The fourth-order valence-corrected chi connectivity index (χ4v) is 6.84. The van der Waals surface area contributed by atoms with Gasteiger partial charge in [-0.25, -0.2) is 4.57 Å². The lowest BCUT2D eigenvalue weighted by atomic mass is 9.83. The molecule has 6 atom stereocenters. The van der Waals surface area contributed by atoms with Crippen LogP contribution in [0.1, 0.15) is 43.0 Å². The number of phosphoric acid groups is 1. The van der Waals surface area contributed by atoms with E-state index in [4.69, 9.17) is 37.3 Å². The van der Waals surface area contributed by atoms with Gasteiger partial charge in [-0.05, 0) is 22.3 Å². The van der Waals surface area contributed by atoms with E-state index in [1.54, 1.807) is 0 Å². The summed E-state index contributed by atoms with van der Waals surface area (Å²) in [6, 6.07) is 25.5. The van der Waals surface area contributed by atoms with Gasteiger partial charge in [0.05, 0.1) is 26.4 Å². The second-order valence-corrected chi connectivity index (χ2v) is 12.7. The molecule has 2 aliphatic rings. The zero-order chi connectivity index (χ0) is 33.4. The summed E-state index contributed by atoms with van der Waals surface area (Å²) in [4.78, 5) is 37.7. The SMILES string of the molecule is CC(=O)O[C@@H]1[C@@H](OCc2ccccc2)[C@@H](OC(C)=O)[C@@H](OP2(=O)OCc3ccccc3CO2)[C@H](OCc2ccccc2)[C@H]1OC(C)=O.